The maximum atomic E-state index is 12.8. The monoisotopic (exact) mass is 352 g/mol. The zero-order chi connectivity index (χ0) is 18.8. The van der Waals surface area contributed by atoms with Gasteiger partial charge in [-0.05, 0) is 49.8 Å². The van der Waals surface area contributed by atoms with E-state index in [2.05, 4.69) is 5.10 Å². The highest BCUT2D eigenvalue weighted by Crippen LogP contribution is 2.38. The summed E-state index contributed by atoms with van der Waals surface area (Å²) >= 11 is 0. The number of rotatable bonds is 4. The number of hydrogen-bond donors (Lipinski definition) is 1. The van der Waals surface area contributed by atoms with E-state index in [9.17, 15) is 9.90 Å². The number of carbonyl (C=O) groups is 1. The van der Waals surface area contributed by atoms with Crippen LogP contribution in [0.5, 0.6) is 17.2 Å². The van der Waals surface area contributed by atoms with Crippen molar-refractivity contribution < 1.29 is 19.4 Å². The smallest absolute Gasteiger partial charge is 0.280 e. The van der Waals surface area contributed by atoms with Crippen molar-refractivity contribution in [3.63, 3.8) is 0 Å². The van der Waals surface area contributed by atoms with Crippen molar-refractivity contribution in [3.05, 3.63) is 53.1 Å². The molecular weight excluding hydrogens is 332 g/mol. The minimum absolute atomic E-state index is 0.0819. The van der Waals surface area contributed by atoms with Gasteiger partial charge in [-0.2, -0.15) is 10.1 Å². The van der Waals surface area contributed by atoms with E-state index in [0.717, 1.165) is 5.56 Å². The van der Waals surface area contributed by atoms with E-state index in [-0.39, 0.29) is 23.2 Å². The third-order valence-corrected chi connectivity index (χ3v) is 4.15. The van der Waals surface area contributed by atoms with Crippen LogP contribution in [-0.2, 0) is 4.79 Å². The minimum atomic E-state index is -0.211. The van der Waals surface area contributed by atoms with Gasteiger partial charge < -0.3 is 14.6 Å². The third-order valence-electron chi connectivity index (χ3n) is 4.15. The van der Waals surface area contributed by atoms with Gasteiger partial charge in [-0.25, -0.2) is 0 Å². The second kappa shape index (κ2) is 6.92. The molecule has 1 heterocycles. The summed E-state index contributed by atoms with van der Waals surface area (Å²) in [4.78, 5) is 12.8. The molecule has 6 heteroatoms. The molecule has 0 fully saturated rings. The van der Waals surface area contributed by atoms with E-state index in [1.165, 1.54) is 19.2 Å². The number of aromatic hydroxyl groups is 1. The molecule has 1 amide bonds. The zero-order valence-corrected chi connectivity index (χ0v) is 15.1. The minimum Gasteiger partial charge on any atom is -0.502 e. The Balaban J connectivity index is 1.98. The van der Waals surface area contributed by atoms with E-state index >= 15 is 0 Å². The summed E-state index contributed by atoms with van der Waals surface area (Å²) in [6.07, 6.45) is 1.71. The molecule has 26 heavy (non-hydrogen) atoms. The number of nitrogens with zero attached hydrogens (tertiary/aromatic N) is 2. The van der Waals surface area contributed by atoms with Gasteiger partial charge in [0.1, 0.15) is 0 Å². The number of anilines is 1. The lowest BCUT2D eigenvalue weighted by Crippen LogP contribution is -2.21. The zero-order valence-electron chi connectivity index (χ0n) is 15.1. The third kappa shape index (κ3) is 3.13. The van der Waals surface area contributed by atoms with Gasteiger partial charge in [0.2, 0.25) is 5.75 Å². The molecular formula is C20H20N2O4. The van der Waals surface area contributed by atoms with Crippen LogP contribution in [0.3, 0.4) is 0 Å². The number of amides is 1. The van der Waals surface area contributed by atoms with Crippen LogP contribution in [0.4, 0.5) is 5.69 Å². The number of benzene rings is 2. The van der Waals surface area contributed by atoms with E-state index in [1.807, 2.05) is 31.2 Å². The van der Waals surface area contributed by atoms with Gasteiger partial charge in [0.25, 0.3) is 5.91 Å². The van der Waals surface area contributed by atoms with Crippen molar-refractivity contribution in [3.8, 4) is 17.2 Å². The van der Waals surface area contributed by atoms with E-state index in [4.69, 9.17) is 9.47 Å². The molecule has 0 bridgehead atoms. The first-order chi connectivity index (χ1) is 12.4. The lowest BCUT2D eigenvalue weighted by molar-refractivity contribution is -0.114. The fraction of sp³-hybridized carbons (Fsp3) is 0.200. The average Bonchev–Trinajstić information content (AvgIpc) is 2.91. The molecule has 0 radical (unpaired) electrons. The van der Waals surface area contributed by atoms with Crippen LogP contribution in [0.1, 0.15) is 18.1 Å². The number of phenolic OH excluding ortho intramolecular Hbond substituents is 1. The summed E-state index contributed by atoms with van der Waals surface area (Å²) < 4.78 is 10.3. The van der Waals surface area contributed by atoms with Crippen molar-refractivity contribution >= 4 is 23.4 Å². The Hall–Kier alpha value is -3.28. The van der Waals surface area contributed by atoms with Crippen LogP contribution >= 0.6 is 0 Å². The summed E-state index contributed by atoms with van der Waals surface area (Å²) in [5, 5.41) is 15.8. The molecule has 0 aromatic heterocycles. The SMILES string of the molecule is COc1cc(/C=C2/C(=O)N(c3ccc(C)cc3)N=C2C)cc(OC)c1O. The Kier molecular flexibility index (Phi) is 4.67. The lowest BCUT2D eigenvalue weighted by Gasteiger charge is -2.12. The van der Waals surface area contributed by atoms with E-state index in [0.29, 0.717) is 22.5 Å². The largest absolute Gasteiger partial charge is 0.502 e. The molecule has 0 unspecified atom stereocenters. The van der Waals surface area contributed by atoms with E-state index < -0.39 is 0 Å². The maximum absolute atomic E-state index is 12.8. The second-order valence-electron chi connectivity index (χ2n) is 5.97. The number of carbonyl (C=O) groups excluding carboxylic acids is 1. The van der Waals surface area contributed by atoms with Crippen LogP contribution in [-0.4, -0.2) is 30.9 Å². The topological polar surface area (TPSA) is 71.4 Å². The van der Waals surface area contributed by atoms with Gasteiger partial charge in [0.05, 0.1) is 31.2 Å². The maximum Gasteiger partial charge on any atom is 0.280 e. The summed E-state index contributed by atoms with van der Waals surface area (Å²) in [5.74, 6) is 0.247. The number of hydrazone groups is 1. The predicted octanol–water partition coefficient (Wildman–Crippen LogP) is 3.52. The summed E-state index contributed by atoms with van der Waals surface area (Å²) in [6.45, 7) is 3.77. The highest BCUT2D eigenvalue weighted by molar-refractivity contribution is 6.32. The van der Waals surface area contributed by atoms with Gasteiger partial charge in [0.15, 0.2) is 11.5 Å². The molecule has 0 atom stereocenters. The Morgan fingerprint density at radius 2 is 1.62 bits per heavy atom. The van der Waals surface area contributed by atoms with E-state index in [1.54, 1.807) is 25.1 Å². The van der Waals surface area contributed by atoms with Crippen LogP contribution < -0.4 is 14.5 Å². The van der Waals surface area contributed by atoms with Crippen molar-refractivity contribution in [1.29, 1.82) is 0 Å². The normalized spacial score (nSPS) is 15.4. The second-order valence-corrected chi connectivity index (χ2v) is 5.97. The average molecular weight is 352 g/mol. The Bertz CT molecular complexity index is 889. The fourth-order valence-electron chi connectivity index (χ4n) is 2.71. The first-order valence-corrected chi connectivity index (χ1v) is 8.08. The summed E-state index contributed by atoms with van der Waals surface area (Å²) in [6, 6.07) is 10.9. The quantitative estimate of drug-likeness (QED) is 0.855. The molecule has 3 rings (SSSR count). The van der Waals surface area contributed by atoms with Crippen molar-refractivity contribution in [2.24, 2.45) is 5.10 Å². The molecule has 2 aromatic carbocycles. The standard InChI is InChI=1S/C20H20N2O4/c1-12-5-7-15(8-6-12)22-20(24)16(13(2)21-22)9-14-10-17(25-3)19(23)18(11-14)26-4/h5-11,23H,1-4H3/b16-9+. The van der Waals surface area contributed by atoms with Crippen molar-refractivity contribution in [2.75, 3.05) is 19.2 Å². The highest BCUT2D eigenvalue weighted by Gasteiger charge is 2.28. The molecule has 0 aliphatic carbocycles. The number of ether oxygens (including phenoxy) is 2. The Morgan fingerprint density at radius 1 is 1.04 bits per heavy atom. The molecule has 6 nitrogen and oxygen atoms in total. The highest BCUT2D eigenvalue weighted by atomic mass is 16.5. The number of phenols is 1. The van der Waals surface area contributed by atoms with Crippen LogP contribution in [0.15, 0.2) is 47.1 Å². The van der Waals surface area contributed by atoms with Gasteiger partial charge in [-0.15, -0.1) is 0 Å². The van der Waals surface area contributed by atoms with Gasteiger partial charge in [-0.3, -0.25) is 4.79 Å². The first-order valence-electron chi connectivity index (χ1n) is 8.08. The van der Waals surface area contributed by atoms with Crippen LogP contribution in [0.25, 0.3) is 6.08 Å². The molecule has 0 spiro atoms. The number of hydrogen-bond acceptors (Lipinski definition) is 5. The van der Waals surface area contributed by atoms with Crippen molar-refractivity contribution in [2.45, 2.75) is 13.8 Å². The summed E-state index contributed by atoms with van der Waals surface area (Å²) in [5.41, 5.74) is 3.58. The molecule has 0 saturated carbocycles. The molecule has 134 valence electrons. The fourth-order valence-corrected chi connectivity index (χ4v) is 2.71. The van der Waals surface area contributed by atoms with Gasteiger partial charge in [-0.1, -0.05) is 17.7 Å². The number of methoxy groups -OCH3 is 2. The number of aryl methyl sites for hydroxylation is 1. The Labute approximate surface area is 152 Å². The lowest BCUT2D eigenvalue weighted by atomic mass is 10.1. The molecule has 2 aromatic rings. The molecule has 1 aliphatic heterocycles. The van der Waals surface area contributed by atoms with Crippen molar-refractivity contribution in [1.82, 2.24) is 0 Å². The molecule has 1 N–H and O–H groups in total. The predicted molar refractivity (Wildman–Crippen MR) is 101 cm³/mol. The van der Waals surface area contributed by atoms with Gasteiger partial charge in [0, 0.05) is 0 Å². The molecule has 0 saturated heterocycles. The first kappa shape index (κ1) is 17.5. The Morgan fingerprint density at radius 3 is 2.15 bits per heavy atom. The van der Waals surface area contributed by atoms with Gasteiger partial charge >= 0.3 is 0 Å². The molecule has 1 aliphatic rings. The van der Waals surface area contributed by atoms with Crippen LogP contribution in [0, 0.1) is 6.92 Å². The van der Waals surface area contributed by atoms with Crippen LogP contribution in [0.2, 0.25) is 0 Å². The summed E-state index contributed by atoms with van der Waals surface area (Å²) in [7, 11) is 2.91.